The Balaban J connectivity index is 2.59. The van der Waals surface area contributed by atoms with Crippen molar-refractivity contribution in [1.29, 1.82) is 0 Å². The molecule has 1 aliphatic heterocycles. The van der Waals surface area contributed by atoms with E-state index in [2.05, 4.69) is 49.5 Å². The van der Waals surface area contributed by atoms with Gasteiger partial charge in [0, 0.05) is 11.4 Å². The minimum Gasteiger partial charge on any atom is -0.288 e. The number of allylic oxidation sites excluding steroid dienone is 2. The van der Waals surface area contributed by atoms with Crippen molar-refractivity contribution in [3.8, 4) is 12.3 Å². The molecule has 0 atom stereocenters. The van der Waals surface area contributed by atoms with Crippen LogP contribution in [0.4, 0.5) is 5.69 Å². The molecule has 1 heterocycles. The number of hydrogen-bond acceptors (Lipinski definition) is 2. The minimum absolute atomic E-state index is 0.597. The third-order valence-electron chi connectivity index (χ3n) is 3.45. The number of aliphatic imine (C=N–C) groups is 1. The first-order valence-corrected chi connectivity index (χ1v) is 6.25. The fourth-order valence-electron chi connectivity index (χ4n) is 2.21. The van der Waals surface area contributed by atoms with Gasteiger partial charge < -0.3 is 0 Å². The Hall–Kier alpha value is -2.27. The summed E-state index contributed by atoms with van der Waals surface area (Å²) < 4.78 is 0. The summed E-state index contributed by atoms with van der Waals surface area (Å²) in [6.45, 7) is 12.3. The standard InChI is InChI=1S/C17H18N2/c1-7-17-18-14(5)13(4)15(6)19(17)16-9-8-11(2)10-12(16)3/h1,8-10H,6H2,2-5H3. The molecule has 0 saturated carbocycles. The van der Waals surface area contributed by atoms with E-state index in [4.69, 9.17) is 6.42 Å². The molecule has 0 spiro atoms. The summed E-state index contributed by atoms with van der Waals surface area (Å²) in [7, 11) is 0. The van der Waals surface area contributed by atoms with Crippen LogP contribution in [0.5, 0.6) is 0 Å². The molecule has 0 aliphatic carbocycles. The molecule has 0 fully saturated rings. The molecule has 0 N–H and O–H groups in total. The van der Waals surface area contributed by atoms with Crippen molar-refractivity contribution in [2.24, 2.45) is 4.99 Å². The predicted octanol–water partition coefficient (Wildman–Crippen LogP) is 3.96. The summed E-state index contributed by atoms with van der Waals surface area (Å²) in [6.07, 6.45) is 5.59. The van der Waals surface area contributed by atoms with Gasteiger partial charge in [-0.15, -0.1) is 6.42 Å². The number of hydrogen-bond donors (Lipinski definition) is 0. The van der Waals surface area contributed by atoms with Crippen LogP contribution in [0.1, 0.15) is 25.0 Å². The zero-order valence-corrected chi connectivity index (χ0v) is 11.9. The topological polar surface area (TPSA) is 15.6 Å². The lowest BCUT2D eigenvalue weighted by atomic mass is 10.1. The van der Waals surface area contributed by atoms with Gasteiger partial charge in [-0.25, -0.2) is 4.99 Å². The van der Waals surface area contributed by atoms with Gasteiger partial charge in [-0.3, -0.25) is 4.90 Å². The second-order valence-corrected chi connectivity index (χ2v) is 4.86. The van der Waals surface area contributed by atoms with Crippen molar-refractivity contribution in [3.05, 3.63) is 52.9 Å². The van der Waals surface area contributed by atoms with Crippen LogP contribution in [0.25, 0.3) is 0 Å². The van der Waals surface area contributed by atoms with Gasteiger partial charge in [-0.05, 0) is 50.8 Å². The fourth-order valence-corrected chi connectivity index (χ4v) is 2.21. The largest absolute Gasteiger partial charge is 0.288 e. The molecule has 0 unspecified atom stereocenters. The fraction of sp³-hybridized carbons (Fsp3) is 0.235. The highest BCUT2D eigenvalue weighted by molar-refractivity contribution is 6.13. The normalized spacial score (nSPS) is 15.4. The van der Waals surface area contributed by atoms with E-state index >= 15 is 0 Å². The molecule has 1 aromatic rings. The van der Waals surface area contributed by atoms with Crippen molar-refractivity contribution >= 4 is 11.5 Å². The minimum atomic E-state index is 0.597. The maximum atomic E-state index is 5.59. The van der Waals surface area contributed by atoms with Crippen LogP contribution < -0.4 is 4.90 Å². The molecule has 96 valence electrons. The Morgan fingerprint density at radius 1 is 1.21 bits per heavy atom. The monoisotopic (exact) mass is 250 g/mol. The zero-order valence-electron chi connectivity index (χ0n) is 11.9. The van der Waals surface area contributed by atoms with Crippen LogP contribution in [0.15, 0.2) is 46.7 Å². The molecule has 2 rings (SSSR count). The van der Waals surface area contributed by atoms with Gasteiger partial charge in [0.2, 0.25) is 0 Å². The average Bonchev–Trinajstić information content (AvgIpc) is 2.37. The van der Waals surface area contributed by atoms with Crippen molar-refractivity contribution in [3.63, 3.8) is 0 Å². The highest BCUT2D eigenvalue weighted by Gasteiger charge is 2.23. The maximum Gasteiger partial charge on any atom is 0.190 e. The number of nitrogens with zero attached hydrogens (tertiary/aromatic N) is 2. The van der Waals surface area contributed by atoms with Gasteiger partial charge in [0.25, 0.3) is 0 Å². The molecule has 1 aromatic carbocycles. The Labute approximate surface area is 115 Å². The van der Waals surface area contributed by atoms with Gasteiger partial charge in [0.05, 0.1) is 5.69 Å². The van der Waals surface area contributed by atoms with Crippen LogP contribution in [-0.4, -0.2) is 5.84 Å². The molecule has 2 nitrogen and oxygen atoms in total. The lowest BCUT2D eigenvalue weighted by Gasteiger charge is -2.31. The highest BCUT2D eigenvalue weighted by atomic mass is 15.2. The molecule has 0 radical (unpaired) electrons. The van der Waals surface area contributed by atoms with Crippen LogP contribution in [0, 0.1) is 26.2 Å². The summed E-state index contributed by atoms with van der Waals surface area (Å²) in [5.41, 5.74) is 6.33. The van der Waals surface area contributed by atoms with E-state index in [1.165, 1.54) is 5.56 Å². The quantitative estimate of drug-likeness (QED) is 0.689. The zero-order chi connectivity index (χ0) is 14.2. The maximum absolute atomic E-state index is 5.59. The summed E-state index contributed by atoms with van der Waals surface area (Å²) in [4.78, 5) is 6.43. The Morgan fingerprint density at radius 2 is 1.89 bits per heavy atom. The van der Waals surface area contributed by atoms with E-state index in [0.29, 0.717) is 5.84 Å². The predicted molar refractivity (Wildman–Crippen MR) is 82.2 cm³/mol. The van der Waals surface area contributed by atoms with Gasteiger partial charge in [0.1, 0.15) is 0 Å². The summed E-state index contributed by atoms with van der Waals surface area (Å²) in [6, 6.07) is 6.28. The van der Waals surface area contributed by atoms with E-state index < -0.39 is 0 Å². The van der Waals surface area contributed by atoms with Crippen molar-refractivity contribution < 1.29 is 0 Å². The Kier molecular flexibility index (Phi) is 3.31. The van der Waals surface area contributed by atoms with Gasteiger partial charge >= 0.3 is 0 Å². The molecule has 0 saturated heterocycles. The van der Waals surface area contributed by atoms with E-state index in [1.54, 1.807) is 0 Å². The van der Waals surface area contributed by atoms with Gasteiger partial charge in [-0.2, -0.15) is 0 Å². The molecular weight excluding hydrogens is 232 g/mol. The molecule has 0 bridgehead atoms. The highest BCUT2D eigenvalue weighted by Crippen LogP contribution is 2.31. The smallest absolute Gasteiger partial charge is 0.190 e. The Bertz CT molecular complexity index is 654. The lowest BCUT2D eigenvalue weighted by molar-refractivity contribution is 1.08. The van der Waals surface area contributed by atoms with Crippen LogP contribution in [0.2, 0.25) is 0 Å². The first-order chi connectivity index (χ1) is 8.95. The van der Waals surface area contributed by atoms with E-state index in [0.717, 1.165) is 28.2 Å². The second kappa shape index (κ2) is 4.78. The number of amidine groups is 1. The number of benzene rings is 1. The lowest BCUT2D eigenvalue weighted by Crippen LogP contribution is -2.32. The molecular formula is C17H18N2. The van der Waals surface area contributed by atoms with Crippen LogP contribution in [0.3, 0.4) is 0 Å². The number of aryl methyl sites for hydroxylation is 2. The molecule has 2 heteroatoms. The van der Waals surface area contributed by atoms with E-state index in [1.807, 2.05) is 18.7 Å². The summed E-state index contributed by atoms with van der Waals surface area (Å²) in [5, 5.41) is 0. The van der Waals surface area contributed by atoms with Crippen molar-refractivity contribution in [1.82, 2.24) is 0 Å². The number of anilines is 1. The average molecular weight is 250 g/mol. The van der Waals surface area contributed by atoms with Gasteiger partial charge in [0.15, 0.2) is 5.84 Å². The van der Waals surface area contributed by atoms with E-state index in [9.17, 15) is 0 Å². The Morgan fingerprint density at radius 3 is 2.47 bits per heavy atom. The van der Waals surface area contributed by atoms with Crippen molar-refractivity contribution in [2.75, 3.05) is 4.90 Å². The SMILES string of the molecule is C#CC1=NC(C)=C(C)C(=C)N1c1ccc(C)cc1C. The second-order valence-electron chi connectivity index (χ2n) is 4.86. The van der Waals surface area contributed by atoms with E-state index in [-0.39, 0.29) is 0 Å². The van der Waals surface area contributed by atoms with Crippen molar-refractivity contribution in [2.45, 2.75) is 27.7 Å². The van der Waals surface area contributed by atoms with Crippen LogP contribution in [-0.2, 0) is 0 Å². The molecule has 0 amide bonds. The number of rotatable bonds is 1. The summed E-state index contributed by atoms with van der Waals surface area (Å²) in [5.74, 6) is 3.25. The molecule has 0 aromatic heterocycles. The number of terminal acetylenes is 1. The van der Waals surface area contributed by atoms with Crippen LogP contribution >= 0.6 is 0 Å². The summed E-state index contributed by atoms with van der Waals surface area (Å²) >= 11 is 0. The first-order valence-electron chi connectivity index (χ1n) is 6.25. The molecule has 1 aliphatic rings. The first kappa shape index (κ1) is 13.2. The molecule has 19 heavy (non-hydrogen) atoms. The third-order valence-corrected chi connectivity index (χ3v) is 3.45. The third kappa shape index (κ3) is 2.20. The van der Waals surface area contributed by atoms with Gasteiger partial charge in [-0.1, -0.05) is 24.3 Å².